The maximum absolute atomic E-state index is 13.3. The van der Waals surface area contributed by atoms with Gasteiger partial charge in [-0.1, -0.05) is 24.3 Å². The molecule has 2 atom stereocenters. The molecule has 0 aliphatic carbocycles. The van der Waals surface area contributed by atoms with Crippen LogP contribution in [0.2, 0.25) is 0 Å². The van der Waals surface area contributed by atoms with Crippen LogP contribution in [0.15, 0.2) is 71.3 Å². The highest BCUT2D eigenvalue weighted by Crippen LogP contribution is 2.34. The Hall–Kier alpha value is -4.14. The average Bonchev–Trinajstić information content (AvgIpc) is 3.42. The number of furan rings is 1. The van der Waals surface area contributed by atoms with Crippen LogP contribution in [0, 0.1) is 5.82 Å². The highest BCUT2D eigenvalue weighted by molar-refractivity contribution is 5.90. The van der Waals surface area contributed by atoms with Crippen LogP contribution in [-0.2, 0) is 27.4 Å². The van der Waals surface area contributed by atoms with Gasteiger partial charge in [0.25, 0.3) is 0 Å². The van der Waals surface area contributed by atoms with Gasteiger partial charge in [0.15, 0.2) is 12.1 Å². The molecule has 2 unspecified atom stereocenters. The number of carbonyl (C=O) groups excluding carboxylic acids is 3. The third-order valence-corrected chi connectivity index (χ3v) is 5.20. The second-order valence-corrected chi connectivity index (χ2v) is 7.60. The smallest absolute Gasteiger partial charge is 0.411 e. The number of anilines is 1. The molecule has 0 bridgehead atoms. The Morgan fingerprint density at radius 2 is 1.79 bits per heavy atom. The fraction of sp³-hybridized carbons (Fsp3) is 0.208. The molecule has 1 saturated heterocycles. The summed E-state index contributed by atoms with van der Waals surface area (Å²) in [5, 5.41) is 5.46. The summed E-state index contributed by atoms with van der Waals surface area (Å²) in [4.78, 5) is 38.5. The largest absolute Gasteiger partial charge is 0.467 e. The number of hydrogen-bond acceptors (Lipinski definition) is 5. The lowest BCUT2D eigenvalue weighted by Gasteiger charge is -2.24. The van der Waals surface area contributed by atoms with E-state index in [0.29, 0.717) is 22.6 Å². The number of amides is 3. The van der Waals surface area contributed by atoms with Gasteiger partial charge in [-0.05, 0) is 47.5 Å². The SMILES string of the molecule is CC(=O)Nc1ccc(C2OC(=O)N(Cc3ccc(F)cc3)C2C(=O)NCc2ccco2)cc1. The van der Waals surface area contributed by atoms with E-state index in [2.05, 4.69) is 10.6 Å². The van der Waals surface area contributed by atoms with Gasteiger partial charge in [-0.3, -0.25) is 14.5 Å². The van der Waals surface area contributed by atoms with Gasteiger partial charge < -0.3 is 19.8 Å². The molecule has 4 rings (SSSR count). The van der Waals surface area contributed by atoms with E-state index in [1.165, 1.54) is 30.2 Å². The van der Waals surface area contributed by atoms with E-state index in [-0.39, 0.29) is 19.0 Å². The van der Waals surface area contributed by atoms with E-state index in [1.54, 1.807) is 48.5 Å². The lowest BCUT2D eigenvalue weighted by molar-refractivity contribution is -0.126. The van der Waals surface area contributed by atoms with Gasteiger partial charge in [-0.25, -0.2) is 9.18 Å². The highest BCUT2D eigenvalue weighted by atomic mass is 19.1. The summed E-state index contributed by atoms with van der Waals surface area (Å²) in [5.74, 6) is -0.464. The molecule has 3 amide bonds. The summed E-state index contributed by atoms with van der Waals surface area (Å²) in [6.45, 7) is 1.62. The van der Waals surface area contributed by atoms with Gasteiger partial charge in [-0.15, -0.1) is 0 Å². The van der Waals surface area contributed by atoms with Crippen molar-refractivity contribution in [2.45, 2.75) is 32.2 Å². The van der Waals surface area contributed by atoms with Crippen LogP contribution in [0.1, 0.15) is 29.9 Å². The predicted molar refractivity (Wildman–Crippen MR) is 116 cm³/mol. The minimum absolute atomic E-state index is 0.0679. The fourth-order valence-electron chi connectivity index (χ4n) is 3.65. The Morgan fingerprint density at radius 1 is 1.06 bits per heavy atom. The van der Waals surface area contributed by atoms with Crippen molar-refractivity contribution in [1.82, 2.24) is 10.2 Å². The van der Waals surface area contributed by atoms with Gasteiger partial charge >= 0.3 is 6.09 Å². The van der Waals surface area contributed by atoms with E-state index in [4.69, 9.17) is 9.15 Å². The molecule has 3 aromatic rings. The monoisotopic (exact) mass is 451 g/mol. The average molecular weight is 451 g/mol. The topological polar surface area (TPSA) is 101 Å². The number of halogens is 1. The zero-order valence-electron chi connectivity index (χ0n) is 17.8. The van der Waals surface area contributed by atoms with Crippen LogP contribution in [0.3, 0.4) is 0 Å². The number of rotatable bonds is 7. The number of cyclic esters (lactones) is 1. The minimum Gasteiger partial charge on any atom is -0.467 e. The number of nitrogens with zero attached hydrogens (tertiary/aromatic N) is 1. The molecule has 2 N–H and O–H groups in total. The first-order valence-corrected chi connectivity index (χ1v) is 10.3. The lowest BCUT2D eigenvalue weighted by Crippen LogP contribution is -2.46. The Morgan fingerprint density at radius 3 is 2.42 bits per heavy atom. The molecule has 0 radical (unpaired) electrons. The van der Waals surface area contributed by atoms with Crippen molar-refractivity contribution < 1.29 is 27.9 Å². The normalized spacial score (nSPS) is 17.5. The fourth-order valence-corrected chi connectivity index (χ4v) is 3.65. The summed E-state index contributed by atoms with van der Waals surface area (Å²) in [7, 11) is 0. The molecule has 2 heterocycles. The van der Waals surface area contributed by atoms with Gasteiger partial charge in [0.05, 0.1) is 19.4 Å². The van der Waals surface area contributed by atoms with Crippen molar-refractivity contribution in [2.24, 2.45) is 0 Å². The molecule has 8 nitrogen and oxygen atoms in total. The van der Waals surface area contributed by atoms with Crippen LogP contribution in [0.4, 0.5) is 14.9 Å². The third-order valence-electron chi connectivity index (χ3n) is 5.20. The van der Waals surface area contributed by atoms with Crippen molar-refractivity contribution >= 4 is 23.6 Å². The molecule has 0 saturated carbocycles. The highest BCUT2D eigenvalue weighted by Gasteiger charge is 2.47. The van der Waals surface area contributed by atoms with Crippen molar-refractivity contribution in [3.05, 3.63) is 89.6 Å². The van der Waals surface area contributed by atoms with Crippen molar-refractivity contribution in [3.63, 3.8) is 0 Å². The van der Waals surface area contributed by atoms with E-state index in [1.807, 2.05) is 0 Å². The summed E-state index contributed by atoms with van der Waals surface area (Å²) >= 11 is 0. The first kappa shape index (κ1) is 22.1. The zero-order valence-corrected chi connectivity index (χ0v) is 17.8. The van der Waals surface area contributed by atoms with Crippen LogP contribution >= 0.6 is 0 Å². The van der Waals surface area contributed by atoms with Gasteiger partial charge in [0.1, 0.15) is 11.6 Å². The Kier molecular flexibility index (Phi) is 6.39. The summed E-state index contributed by atoms with van der Waals surface area (Å²) in [5.41, 5.74) is 1.83. The molecule has 9 heteroatoms. The van der Waals surface area contributed by atoms with Crippen molar-refractivity contribution in [3.8, 4) is 0 Å². The van der Waals surface area contributed by atoms with Crippen LogP contribution in [0.25, 0.3) is 0 Å². The molecule has 1 aliphatic heterocycles. The van der Waals surface area contributed by atoms with Crippen molar-refractivity contribution in [2.75, 3.05) is 5.32 Å². The number of nitrogens with one attached hydrogen (secondary N) is 2. The van der Waals surface area contributed by atoms with E-state index in [0.717, 1.165) is 0 Å². The van der Waals surface area contributed by atoms with Crippen LogP contribution in [-0.4, -0.2) is 28.8 Å². The maximum atomic E-state index is 13.3. The molecule has 1 aliphatic rings. The summed E-state index contributed by atoms with van der Waals surface area (Å²) < 4.78 is 24.2. The van der Waals surface area contributed by atoms with Gasteiger partial charge in [-0.2, -0.15) is 0 Å². The van der Waals surface area contributed by atoms with E-state index < -0.39 is 30.0 Å². The first-order valence-electron chi connectivity index (χ1n) is 10.3. The first-order chi connectivity index (χ1) is 15.9. The Balaban J connectivity index is 1.59. The standard InChI is InChI=1S/C24H22FN3O5/c1-15(29)27-19-10-6-17(7-11-19)22-21(23(30)26-13-20-3-2-12-32-20)28(24(31)33-22)14-16-4-8-18(25)9-5-16/h2-12,21-22H,13-14H2,1H3,(H,26,30)(H,27,29). The number of benzene rings is 2. The predicted octanol–water partition coefficient (Wildman–Crippen LogP) is 3.76. The maximum Gasteiger partial charge on any atom is 0.411 e. The third kappa shape index (κ3) is 5.20. The van der Waals surface area contributed by atoms with E-state index >= 15 is 0 Å². The number of carbonyl (C=O) groups is 3. The van der Waals surface area contributed by atoms with Crippen LogP contribution < -0.4 is 10.6 Å². The van der Waals surface area contributed by atoms with Gasteiger partial charge in [0.2, 0.25) is 11.8 Å². The molecular weight excluding hydrogens is 429 g/mol. The summed E-state index contributed by atoms with van der Waals surface area (Å²) in [6, 6.07) is 14.9. The molecule has 1 fully saturated rings. The van der Waals surface area contributed by atoms with Crippen molar-refractivity contribution in [1.29, 1.82) is 0 Å². The quantitative estimate of drug-likeness (QED) is 0.570. The van der Waals surface area contributed by atoms with Crippen LogP contribution in [0.5, 0.6) is 0 Å². The minimum atomic E-state index is -0.968. The molecule has 170 valence electrons. The molecule has 0 spiro atoms. The lowest BCUT2D eigenvalue weighted by atomic mass is 10.00. The van der Waals surface area contributed by atoms with Gasteiger partial charge in [0, 0.05) is 12.6 Å². The Bertz CT molecular complexity index is 1130. The number of hydrogen-bond donors (Lipinski definition) is 2. The zero-order chi connectivity index (χ0) is 23.4. The van der Waals surface area contributed by atoms with E-state index in [9.17, 15) is 18.8 Å². The molecular formula is C24H22FN3O5. The second kappa shape index (κ2) is 9.56. The number of ether oxygens (including phenoxy) is 1. The molecule has 33 heavy (non-hydrogen) atoms. The molecule has 2 aromatic carbocycles. The Labute approximate surface area is 189 Å². The molecule has 1 aromatic heterocycles. The summed E-state index contributed by atoms with van der Waals surface area (Å²) in [6.07, 6.45) is -0.0291. The second-order valence-electron chi connectivity index (χ2n) is 7.60.